The summed E-state index contributed by atoms with van der Waals surface area (Å²) in [5.41, 5.74) is 6.65. The molecule has 2 rings (SSSR count). The number of ether oxygens (including phenoxy) is 1. The van der Waals surface area contributed by atoms with Gasteiger partial charge in [0.25, 0.3) is 0 Å². The van der Waals surface area contributed by atoms with Gasteiger partial charge in [-0.3, -0.25) is 9.78 Å². The van der Waals surface area contributed by atoms with Gasteiger partial charge >= 0.3 is 0 Å². The molecule has 1 saturated heterocycles. The van der Waals surface area contributed by atoms with Gasteiger partial charge in [0, 0.05) is 38.4 Å². The Kier molecular flexibility index (Phi) is 4.66. The van der Waals surface area contributed by atoms with Crippen LogP contribution in [-0.2, 0) is 16.0 Å². The van der Waals surface area contributed by atoms with Crippen molar-refractivity contribution in [1.82, 2.24) is 9.88 Å². The Morgan fingerprint density at radius 2 is 2.50 bits per heavy atom. The SMILES string of the molecule is NCC1CN(C(=O)CCc2cccnc2)CCO1. The Labute approximate surface area is 107 Å². The number of nitrogens with two attached hydrogens (primary N) is 1. The second-order valence-electron chi connectivity index (χ2n) is 4.43. The number of rotatable bonds is 4. The highest BCUT2D eigenvalue weighted by molar-refractivity contribution is 5.76. The second-order valence-corrected chi connectivity index (χ2v) is 4.43. The fraction of sp³-hybridized carbons (Fsp3) is 0.538. The number of morpholine rings is 1. The van der Waals surface area contributed by atoms with Crippen LogP contribution in [0.3, 0.4) is 0 Å². The highest BCUT2D eigenvalue weighted by Crippen LogP contribution is 2.08. The number of aryl methyl sites for hydroxylation is 1. The maximum absolute atomic E-state index is 12.0. The summed E-state index contributed by atoms with van der Waals surface area (Å²) in [7, 11) is 0. The first-order valence-corrected chi connectivity index (χ1v) is 6.28. The molecule has 1 aromatic rings. The molecule has 1 aromatic heterocycles. The Bertz CT molecular complexity index is 383. The van der Waals surface area contributed by atoms with E-state index in [1.807, 2.05) is 17.0 Å². The molecule has 0 aliphatic carbocycles. The van der Waals surface area contributed by atoms with E-state index in [-0.39, 0.29) is 12.0 Å². The summed E-state index contributed by atoms with van der Waals surface area (Å²) in [6.45, 7) is 2.33. The molecule has 1 unspecified atom stereocenters. The summed E-state index contributed by atoms with van der Waals surface area (Å²) in [6, 6.07) is 3.88. The summed E-state index contributed by atoms with van der Waals surface area (Å²) >= 11 is 0. The molecule has 1 aliphatic heterocycles. The molecule has 5 nitrogen and oxygen atoms in total. The maximum atomic E-state index is 12.0. The van der Waals surface area contributed by atoms with E-state index in [1.165, 1.54) is 0 Å². The van der Waals surface area contributed by atoms with Gasteiger partial charge in [-0.05, 0) is 18.1 Å². The van der Waals surface area contributed by atoms with E-state index in [1.54, 1.807) is 12.4 Å². The Morgan fingerprint density at radius 1 is 1.61 bits per heavy atom. The van der Waals surface area contributed by atoms with Crippen molar-refractivity contribution < 1.29 is 9.53 Å². The molecule has 0 radical (unpaired) electrons. The van der Waals surface area contributed by atoms with E-state index >= 15 is 0 Å². The molecule has 1 amide bonds. The van der Waals surface area contributed by atoms with Crippen molar-refractivity contribution in [2.24, 2.45) is 5.73 Å². The number of carbonyl (C=O) groups excluding carboxylic acids is 1. The normalized spacial score (nSPS) is 19.8. The Morgan fingerprint density at radius 3 is 3.22 bits per heavy atom. The molecular formula is C13H19N3O2. The average molecular weight is 249 g/mol. The highest BCUT2D eigenvalue weighted by atomic mass is 16.5. The molecule has 1 fully saturated rings. The summed E-state index contributed by atoms with van der Waals surface area (Å²) < 4.78 is 5.44. The van der Waals surface area contributed by atoms with Crippen LogP contribution in [-0.4, -0.2) is 48.1 Å². The smallest absolute Gasteiger partial charge is 0.223 e. The standard InChI is InChI=1S/C13H19N3O2/c14-8-12-10-16(6-7-18-12)13(17)4-3-11-2-1-5-15-9-11/h1-2,5,9,12H,3-4,6-8,10,14H2. The zero-order chi connectivity index (χ0) is 12.8. The lowest BCUT2D eigenvalue weighted by Crippen LogP contribution is -2.48. The van der Waals surface area contributed by atoms with E-state index in [0.29, 0.717) is 32.7 Å². The van der Waals surface area contributed by atoms with Crippen LogP contribution >= 0.6 is 0 Å². The largest absolute Gasteiger partial charge is 0.373 e. The van der Waals surface area contributed by atoms with E-state index in [4.69, 9.17) is 10.5 Å². The van der Waals surface area contributed by atoms with Crippen LogP contribution in [0.4, 0.5) is 0 Å². The molecule has 0 saturated carbocycles. The number of pyridine rings is 1. The molecule has 0 spiro atoms. The van der Waals surface area contributed by atoms with Crippen molar-refractivity contribution in [2.45, 2.75) is 18.9 Å². The monoisotopic (exact) mass is 249 g/mol. The van der Waals surface area contributed by atoms with Crippen molar-refractivity contribution in [3.63, 3.8) is 0 Å². The molecule has 1 aliphatic rings. The highest BCUT2D eigenvalue weighted by Gasteiger charge is 2.22. The minimum atomic E-state index is -0.0129. The van der Waals surface area contributed by atoms with Crippen LogP contribution in [0.2, 0.25) is 0 Å². The lowest BCUT2D eigenvalue weighted by Gasteiger charge is -2.32. The Hall–Kier alpha value is -1.46. The minimum absolute atomic E-state index is 0.0129. The van der Waals surface area contributed by atoms with Crippen molar-refractivity contribution >= 4 is 5.91 Å². The number of hydrogen-bond donors (Lipinski definition) is 1. The molecule has 0 bridgehead atoms. The molecule has 5 heteroatoms. The summed E-state index contributed by atoms with van der Waals surface area (Å²) in [5, 5.41) is 0. The van der Waals surface area contributed by atoms with Crippen LogP contribution < -0.4 is 5.73 Å². The molecule has 18 heavy (non-hydrogen) atoms. The van der Waals surface area contributed by atoms with Gasteiger partial charge in [-0.2, -0.15) is 0 Å². The van der Waals surface area contributed by atoms with Crippen molar-refractivity contribution in [1.29, 1.82) is 0 Å². The van der Waals surface area contributed by atoms with Gasteiger partial charge in [0.15, 0.2) is 0 Å². The number of nitrogens with zero attached hydrogens (tertiary/aromatic N) is 2. The van der Waals surface area contributed by atoms with Crippen LogP contribution in [0.1, 0.15) is 12.0 Å². The topological polar surface area (TPSA) is 68.5 Å². The van der Waals surface area contributed by atoms with Crippen LogP contribution in [0.25, 0.3) is 0 Å². The van der Waals surface area contributed by atoms with Gasteiger partial charge in [-0.1, -0.05) is 6.07 Å². The third-order valence-electron chi connectivity index (χ3n) is 3.10. The molecule has 1 atom stereocenters. The zero-order valence-corrected chi connectivity index (χ0v) is 10.4. The number of aromatic nitrogens is 1. The van der Waals surface area contributed by atoms with Gasteiger partial charge < -0.3 is 15.4 Å². The summed E-state index contributed by atoms with van der Waals surface area (Å²) in [4.78, 5) is 17.9. The first-order chi connectivity index (χ1) is 8.79. The number of amides is 1. The average Bonchev–Trinajstić information content (AvgIpc) is 2.46. The molecule has 2 N–H and O–H groups in total. The lowest BCUT2D eigenvalue weighted by molar-refractivity contribution is -0.138. The van der Waals surface area contributed by atoms with Gasteiger partial charge in [0.1, 0.15) is 0 Å². The van der Waals surface area contributed by atoms with Gasteiger partial charge in [0.05, 0.1) is 12.7 Å². The first-order valence-electron chi connectivity index (χ1n) is 6.28. The number of hydrogen-bond acceptors (Lipinski definition) is 4. The zero-order valence-electron chi connectivity index (χ0n) is 10.4. The third kappa shape index (κ3) is 3.51. The molecule has 2 heterocycles. The molecule has 98 valence electrons. The van der Waals surface area contributed by atoms with Crippen molar-refractivity contribution in [3.05, 3.63) is 30.1 Å². The minimum Gasteiger partial charge on any atom is -0.373 e. The quantitative estimate of drug-likeness (QED) is 0.827. The first kappa shape index (κ1) is 13.0. The number of carbonyl (C=O) groups is 1. The van der Waals surface area contributed by atoms with Crippen LogP contribution in [0, 0.1) is 0 Å². The lowest BCUT2D eigenvalue weighted by atomic mass is 10.1. The summed E-state index contributed by atoms with van der Waals surface area (Å²) in [6.07, 6.45) is 4.77. The van der Waals surface area contributed by atoms with Gasteiger partial charge in [-0.25, -0.2) is 0 Å². The van der Waals surface area contributed by atoms with Gasteiger partial charge in [0.2, 0.25) is 5.91 Å². The predicted octanol–water partition coefficient (Wildman–Crippen LogP) is 0.200. The van der Waals surface area contributed by atoms with E-state index in [9.17, 15) is 4.79 Å². The van der Waals surface area contributed by atoms with E-state index in [2.05, 4.69) is 4.98 Å². The second kappa shape index (κ2) is 6.47. The third-order valence-corrected chi connectivity index (χ3v) is 3.10. The van der Waals surface area contributed by atoms with Crippen molar-refractivity contribution in [2.75, 3.05) is 26.2 Å². The van der Waals surface area contributed by atoms with Gasteiger partial charge in [-0.15, -0.1) is 0 Å². The van der Waals surface area contributed by atoms with Crippen molar-refractivity contribution in [3.8, 4) is 0 Å². The summed E-state index contributed by atoms with van der Waals surface area (Å²) in [5.74, 6) is 0.167. The fourth-order valence-corrected chi connectivity index (χ4v) is 2.04. The van der Waals surface area contributed by atoms with E-state index < -0.39 is 0 Å². The maximum Gasteiger partial charge on any atom is 0.223 e. The Balaban J connectivity index is 1.81. The molecular weight excluding hydrogens is 230 g/mol. The van der Waals surface area contributed by atoms with Crippen LogP contribution in [0.15, 0.2) is 24.5 Å². The predicted molar refractivity (Wildman–Crippen MR) is 67.9 cm³/mol. The van der Waals surface area contributed by atoms with E-state index in [0.717, 1.165) is 12.0 Å². The fourth-order valence-electron chi connectivity index (χ4n) is 2.04. The van der Waals surface area contributed by atoms with Crippen LogP contribution in [0.5, 0.6) is 0 Å². The molecule has 0 aromatic carbocycles.